The molecule has 0 aliphatic rings. The van der Waals surface area contributed by atoms with Crippen LogP contribution in [0, 0.1) is 0 Å². The lowest BCUT2D eigenvalue weighted by atomic mass is 10.1. The van der Waals surface area contributed by atoms with Crippen LogP contribution in [0.3, 0.4) is 0 Å². The summed E-state index contributed by atoms with van der Waals surface area (Å²) in [6.45, 7) is 2.57. The maximum Gasteiger partial charge on any atom is 0.306 e. The summed E-state index contributed by atoms with van der Waals surface area (Å²) < 4.78 is 17.5. The molecule has 8 nitrogen and oxygen atoms in total. The van der Waals surface area contributed by atoms with Gasteiger partial charge in [-0.25, -0.2) is 0 Å². The maximum absolute atomic E-state index is 11.2. The lowest BCUT2D eigenvalue weighted by Gasteiger charge is -2.08. The maximum atomic E-state index is 11.2. The summed E-state index contributed by atoms with van der Waals surface area (Å²) in [5.74, 6) is 1.55. The number of benzene rings is 1. The van der Waals surface area contributed by atoms with Crippen LogP contribution in [0.5, 0.6) is 11.5 Å². The predicted octanol–water partition coefficient (Wildman–Crippen LogP) is 0.900. The number of ether oxygens (including phenoxy) is 2. The molecule has 0 atom stereocenters. The Morgan fingerprint density at radius 1 is 1.29 bits per heavy atom. The van der Waals surface area contributed by atoms with Crippen LogP contribution in [-0.2, 0) is 24.3 Å². The van der Waals surface area contributed by atoms with E-state index in [0.717, 1.165) is 17.7 Å². The Labute approximate surface area is 140 Å². The van der Waals surface area contributed by atoms with Crippen molar-refractivity contribution in [2.75, 3.05) is 26.6 Å². The molecule has 0 aliphatic carbocycles. The van der Waals surface area contributed by atoms with Gasteiger partial charge in [0.25, 0.3) is 5.69 Å². The van der Waals surface area contributed by atoms with E-state index in [4.69, 9.17) is 14.0 Å². The van der Waals surface area contributed by atoms with Crippen molar-refractivity contribution in [2.24, 2.45) is 0 Å². The summed E-state index contributed by atoms with van der Waals surface area (Å²) in [5.41, 5.74) is 1.87. The van der Waals surface area contributed by atoms with E-state index in [1.807, 2.05) is 25.2 Å². The van der Waals surface area contributed by atoms with Crippen molar-refractivity contribution < 1.29 is 23.5 Å². The van der Waals surface area contributed by atoms with Gasteiger partial charge in [0.1, 0.15) is 0 Å². The number of hydrogen-bond donors (Lipinski definition) is 2. The lowest BCUT2D eigenvalue weighted by molar-refractivity contribution is -0.767. The van der Waals surface area contributed by atoms with E-state index in [9.17, 15) is 4.79 Å². The Bertz CT molecular complexity index is 699. The molecule has 1 aromatic carbocycles. The quantitative estimate of drug-likeness (QED) is 0.697. The summed E-state index contributed by atoms with van der Waals surface area (Å²) in [6, 6.07) is 5.79. The first-order valence-electron chi connectivity index (χ1n) is 7.60. The largest absolute Gasteiger partial charge is 0.493 e. The van der Waals surface area contributed by atoms with Crippen LogP contribution >= 0.6 is 0 Å². The van der Waals surface area contributed by atoms with E-state index in [1.54, 1.807) is 18.9 Å². The van der Waals surface area contributed by atoms with Crippen LogP contribution in [0.15, 0.2) is 22.7 Å². The molecule has 2 aromatic rings. The Kier molecular flexibility index (Phi) is 6.14. The van der Waals surface area contributed by atoms with Crippen molar-refractivity contribution >= 4 is 11.8 Å². The standard InChI is InChI=1S/C16H22N4O4/c1-11(21)18-16-13(10-17-2)20(19-24-16)8-7-12-5-6-14(22-3)15(9-12)23-4/h5-6,9,17H,7-8,10H2,1-4H3/p+1. The molecule has 8 heteroatoms. The second-order valence-corrected chi connectivity index (χ2v) is 5.22. The Morgan fingerprint density at radius 2 is 2.04 bits per heavy atom. The third kappa shape index (κ3) is 4.23. The Balaban J connectivity index is 2.14. The molecule has 2 rings (SSSR count). The molecule has 0 saturated carbocycles. The van der Waals surface area contributed by atoms with E-state index < -0.39 is 0 Å². The van der Waals surface area contributed by atoms with Crippen molar-refractivity contribution in [1.29, 1.82) is 0 Å². The summed E-state index contributed by atoms with van der Waals surface area (Å²) in [7, 11) is 5.04. The number of methoxy groups -OCH3 is 2. The zero-order chi connectivity index (χ0) is 17.5. The molecule has 1 heterocycles. The van der Waals surface area contributed by atoms with E-state index in [0.29, 0.717) is 30.5 Å². The molecular weight excluding hydrogens is 312 g/mol. The van der Waals surface area contributed by atoms with E-state index >= 15 is 0 Å². The van der Waals surface area contributed by atoms with Gasteiger partial charge in [-0.2, -0.15) is 0 Å². The molecule has 0 aliphatic heterocycles. The molecule has 2 N–H and O–H groups in total. The van der Waals surface area contributed by atoms with Gasteiger partial charge in [-0.15, -0.1) is 0 Å². The zero-order valence-electron chi connectivity index (χ0n) is 14.4. The number of rotatable bonds is 8. The summed E-state index contributed by atoms with van der Waals surface area (Å²) in [5, 5.41) is 9.70. The van der Waals surface area contributed by atoms with Gasteiger partial charge in [0.15, 0.2) is 18.0 Å². The molecular formula is C16H23N4O4+. The number of aromatic nitrogens is 2. The first-order valence-corrected chi connectivity index (χ1v) is 7.60. The van der Waals surface area contributed by atoms with Crippen molar-refractivity contribution in [1.82, 2.24) is 10.6 Å². The fraction of sp³-hybridized carbons (Fsp3) is 0.438. The van der Waals surface area contributed by atoms with E-state index in [-0.39, 0.29) is 5.91 Å². The number of amides is 1. The van der Waals surface area contributed by atoms with Crippen LogP contribution in [0.2, 0.25) is 0 Å². The molecule has 0 bridgehead atoms. The molecule has 0 saturated heterocycles. The van der Waals surface area contributed by atoms with Gasteiger partial charge in [0, 0.05) is 13.3 Å². The van der Waals surface area contributed by atoms with Gasteiger partial charge in [0.2, 0.25) is 11.2 Å². The van der Waals surface area contributed by atoms with Crippen LogP contribution in [0.4, 0.5) is 5.88 Å². The van der Waals surface area contributed by atoms with Crippen LogP contribution in [0.1, 0.15) is 18.2 Å². The fourth-order valence-corrected chi connectivity index (χ4v) is 2.35. The minimum absolute atomic E-state index is 0.199. The van der Waals surface area contributed by atoms with Gasteiger partial charge in [-0.1, -0.05) is 6.07 Å². The van der Waals surface area contributed by atoms with Gasteiger partial charge in [-0.05, 0) is 29.4 Å². The molecule has 0 unspecified atom stereocenters. The second kappa shape index (κ2) is 8.30. The second-order valence-electron chi connectivity index (χ2n) is 5.22. The Morgan fingerprint density at radius 3 is 2.67 bits per heavy atom. The molecule has 130 valence electrons. The van der Waals surface area contributed by atoms with E-state index in [1.165, 1.54) is 6.92 Å². The Hall–Kier alpha value is -2.61. The monoisotopic (exact) mass is 335 g/mol. The lowest BCUT2D eigenvalue weighted by Crippen LogP contribution is -2.42. The van der Waals surface area contributed by atoms with Crippen molar-refractivity contribution in [3.05, 3.63) is 29.5 Å². The molecule has 1 amide bonds. The van der Waals surface area contributed by atoms with Crippen LogP contribution in [-0.4, -0.2) is 32.4 Å². The molecule has 24 heavy (non-hydrogen) atoms. The number of anilines is 1. The number of nitrogens with zero attached hydrogens (tertiary/aromatic N) is 2. The molecule has 0 spiro atoms. The number of nitrogens with one attached hydrogen (secondary N) is 2. The van der Waals surface area contributed by atoms with Crippen molar-refractivity contribution in [3.8, 4) is 11.5 Å². The summed E-state index contributed by atoms with van der Waals surface area (Å²) in [4.78, 5) is 11.2. The van der Waals surface area contributed by atoms with Gasteiger partial charge in [0.05, 0.1) is 20.8 Å². The highest BCUT2D eigenvalue weighted by Gasteiger charge is 2.24. The minimum Gasteiger partial charge on any atom is -0.493 e. The third-order valence-corrected chi connectivity index (χ3v) is 3.50. The first kappa shape index (κ1) is 17.7. The molecule has 0 fully saturated rings. The van der Waals surface area contributed by atoms with Gasteiger partial charge < -0.3 is 14.8 Å². The predicted molar refractivity (Wildman–Crippen MR) is 87.0 cm³/mol. The average Bonchev–Trinajstić information content (AvgIpc) is 2.94. The summed E-state index contributed by atoms with van der Waals surface area (Å²) >= 11 is 0. The highest BCUT2D eigenvalue weighted by molar-refractivity contribution is 5.87. The van der Waals surface area contributed by atoms with E-state index in [2.05, 4.69) is 15.9 Å². The summed E-state index contributed by atoms with van der Waals surface area (Å²) in [6.07, 6.45) is 0.730. The normalized spacial score (nSPS) is 10.5. The zero-order valence-corrected chi connectivity index (χ0v) is 14.4. The highest BCUT2D eigenvalue weighted by atomic mass is 16.5. The number of carbonyl (C=O) groups excluding carboxylic acids is 1. The fourth-order valence-electron chi connectivity index (χ4n) is 2.35. The smallest absolute Gasteiger partial charge is 0.306 e. The minimum atomic E-state index is -0.199. The number of carbonyl (C=O) groups is 1. The SMILES string of the molecule is CNCc1c(NC(C)=O)on[n+]1CCc1ccc(OC)c(OC)c1. The highest BCUT2D eigenvalue weighted by Crippen LogP contribution is 2.27. The van der Waals surface area contributed by atoms with Crippen LogP contribution < -0.4 is 24.8 Å². The van der Waals surface area contributed by atoms with Crippen molar-refractivity contribution in [3.63, 3.8) is 0 Å². The molecule has 0 radical (unpaired) electrons. The molecule has 1 aromatic heterocycles. The van der Waals surface area contributed by atoms with Gasteiger partial charge >= 0.3 is 5.88 Å². The number of hydrogen-bond acceptors (Lipinski definition) is 6. The van der Waals surface area contributed by atoms with Gasteiger partial charge in [-0.3, -0.25) is 14.6 Å². The first-order chi connectivity index (χ1) is 11.6. The van der Waals surface area contributed by atoms with Crippen molar-refractivity contribution in [2.45, 2.75) is 26.4 Å². The van der Waals surface area contributed by atoms with Crippen LogP contribution in [0.25, 0.3) is 0 Å². The number of aryl methyl sites for hydroxylation is 2. The third-order valence-electron chi connectivity index (χ3n) is 3.50. The topological polar surface area (TPSA) is 89.5 Å². The average molecular weight is 335 g/mol.